The predicted molar refractivity (Wildman–Crippen MR) is 110 cm³/mol. The summed E-state index contributed by atoms with van der Waals surface area (Å²) < 4.78 is 11.1. The fraction of sp³-hybridized carbons (Fsp3) is 0.667. The zero-order chi connectivity index (χ0) is 19.6. The summed E-state index contributed by atoms with van der Waals surface area (Å²) in [6.45, 7) is 6.75. The Morgan fingerprint density at radius 3 is 2.59 bits per heavy atom. The molecule has 8 heteroatoms. The Morgan fingerprint density at radius 2 is 1.83 bits per heavy atom. The Kier molecular flexibility index (Phi) is 5.48. The number of hydrogen-bond acceptors (Lipinski definition) is 8. The molecule has 1 unspecified atom stereocenters. The van der Waals surface area contributed by atoms with Gasteiger partial charge < -0.3 is 19.1 Å². The number of piperidine rings is 1. The lowest BCUT2D eigenvalue weighted by Gasteiger charge is -2.37. The van der Waals surface area contributed by atoms with Gasteiger partial charge in [0, 0.05) is 30.9 Å². The molecule has 0 aliphatic carbocycles. The number of pyridine rings is 1. The maximum Gasteiger partial charge on any atom is 0.244 e. The number of aromatic nitrogens is 3. The third-order valence-electron chi connectivity index (χ3n) is 6.52. The van der Waals surface area contributed by atoms with Crippen LogP contribution in [0.5, 0.6) is 0 Å². The first-order valence-corrected chi connectivity index (χ1v) is 10.8. The fourth-order valence-electron chi connectivity index (χ4n) is 4.80. The predicted octanol–water partition coefficient (Wildman–Crippen LogP) is 2.20. The number of hydrogen-bond donors (Lipinski definition) is 0. The van der Waals surface area contributed by atoms with E-state index >= 15 is 0 Å². The topological polar surface area (TPSA) is 70.8 Å². The summed E-state index contributed by atoms with van der Waals surface area (Å²) in [5, 5.41) is 4.27. The molecule has 29 heavy (non-hydrogen) atoms. The Morgan fingerprint density at radius 1 is 1.00 bits per heavy atom. The highest BCUT2D eigenvalue weighted by atomic mass is 16.5. The normalized spacial score (nSPS) is 25.0. The smallest absolute Gasteiger partial charge is 0.244 e. The van der Waals surface area contributed by atoms with Crippen molar-refractivity contribution in [3.05, 3.63) is 24.2 Å². The van der Waals surface area contributed by atoms with E-state index in [1.54, 1.807) is 0 Å². The first-order chi connectivity index (χ1) is 14.3. The maximum absolute atomic E-state index is 5.72. The molecule has 0 bridgehead atoms. The molecule has 0 amide bonds. The summed E-state index contributed by atoms with van der Waals surface area (Å²) in [6, 6.07) is 4.96. The summed E-state index contributed by atoms with van der Waals surface area (Å²) >= 11 is 0. The van der Waals surface area contributed by atoms with Gasteiger partial charge in [0.1, 0.15) is 5.82 Å². The molecule has 0 N–H and O–H groups in total. The van der Waals surface area contributed by atoms with Crippen LogP contribution in [0.2, 0.25) is 0 Å². The van der Waals surface area contributed by atoms with E-state index in [1.165, 1.54) is 32.4 Å². The summed E-state index contributed by atoms with van der Waals surface area (Å²) in [5.74, 6) is 2.37. The lowest BCUT2D eigenvalue weighted by atomic mass is 10.0. The van der Waals surface area contributed by atoms with Crippen LogP contribution in [0.25, 0.3) is 11.4 Å². The van der Waals surface area contributed by atoms with Crippen LogP contribution in [-0.2, 0) is 4.74 Å². The zero-order valence-corrected chi connectivity index (χ0v) is 17.2. The Hall–Kier alpha value is -2.03. The number of morpholine rings is 1. The number of nitrogens with zero attached hydrogens (tertiary/aromatic N) is 6. The van der Waals surface area contributed by atoms with Gasteiger partial charge in [-0.3, -0.25) is 4.90 Å². The molecule has 1 atom stereocenters. The number of anilines is 1. The summed E-state index contributed by atoms with van der Waals surface area (Å²) in [6.07, 6.45) is 6.59. The van der Waals surface area contributed by atoms with Crippen LogP contribution in [0.1, 0.15) is 37.6 Å². The van der Waals surface area contributed by atoms with Gasteiger partial charge in [0.2, 0.25) is 11.7 Å². The fourth-order valence-corrected chi connectivity index (χ4v) is 4.80. The molecular formula is C21H30N6O2. The summed E-state index contributed by atoms with van der Waals surface area (Å²) in [4.78, 5) is 16.6. The van der Waals surface area contributed by atoms with Crippen molar-refractivity contribution >= 4 is 5.82 Å². The second kappa shape index (κ2) is 8.38. The third-order valence-corrected chi connectivity index (χ3v) is 6.52. The molecule has 2 aromatic heterocycles. The number of ether oxygens (including phenoxy) is 1. The largest absolute Gasteiger partial charge is 0.378 e. The molecule has 3 aliphatic heterocycles. The van der Waals surface area contributed by atoms with Crippen LogP contribution < -0.4 is 4.90 Å². The minimum absolute atomic E-state index is 0.255. The van der Waals surface area contributed by atoms with E-state index in [1.807, 2.05) is 18.3 Å². The van der Waals surface area contributed by atoms with Crippen molar-refractivity contribution in [3.63, 3.8) is 0 Å². The van der Waals surface area contributed by atoms with Crippen LogP contribution in [0, 0.1) is 0 Å². The quantitative estimate of drug-likeness (QED) is 0.776. The Bertz CT molecular complexity index is 796. The van der Waals surface area contributed by atoms with Crippen molar-refractivity contribution in [1.82, 2.24) is 24.9 Å². The van der Waals surface area contributed by atoms with E-state index in [0.29, 0.717) is 11.9 Å². The monoisotopic (exact) mass is 398 g/mol. The van der Waals surface area contributed by atoms with Gasteiger partial charge in [0.05, 0.1) is 19.3 Å². The lowest BCUT2D eigenvalue weighted by Crippen LogP contribution is -2.43. The van der Waals surface area contributed by atoms with Gasteiger partial charge in [-0.05, 0) is 64.5 Å². The van der Waals surface area contributed by atoms with Gasteiger partial charge in [-0.15, -0.1) is 0 Å². The molecule has 156 valence electrons. The van der Waals surface area contributed by atoms with Gasteiger partial charge in [0.15, 0.2) is 0 Å². The van der Waals surface area contributed by atoms with E-state index in [0.717, 1.165) is 56.5 Å². The highest BCUT2D eigenvalue weighted by Gasteiger charge is 2.36. The molecule has 3 aliphatic rings. The van der Waals surface area contributed by atoms with Crippen molar-refractivity contribution in [3.8, 4) is 11.4 Å². The number of likely N-dealkylation sites (tertiary alicyclic amines) is 2. The molecular weight excluding hydrogens is 368 g/mol. The maximum atomic E-state index is 5.72. The molecule has 0 saturated carbocycles. The average Bonchev–Trinajstić information content (AvgIpc) is 3.45. The van der Waals surface area contributed by atoms with Gasteiger partial charge in [-0.1, -0.05) is 5.16 Å². The molecule has 5 heterocycles. The van der Waals surface area contributed by atoms with Crippen molar-refractivity contribution < 1.29 is 9.26 Å². The molecule has 0 spiro atoms. The van der Waals surface area contributed by atoms with Crippen molar-refractivity contribution in [1.29, 1.82) is 0 Å². The molecule has 3 saturated heterocycles. The average molecular weight is 399 g/mol. The molecule has 0 radical (unpaired) electrons. The van der Waals surface area contributed by atoms with E-state index in [2.05, 4.69) is 31.9 Å². The van der Waals surface area contributed by atoms with Crippen molar-refractivity contribution in [2.45, 2.75) is 37.8 Å². The first kappa shape index (κ1) is 19.0. The molecule has 8 nitrogen and oxygen atoms in total. The van der Waals surface area contributed by atoms with Crippen molar-refractivity contribution in [2.24, 2.45) is 0 Å². The molecule has 0 aromatic carbocycles. The van der Waals surface area contributed by atoms with Gasteiger partial charge in [-0.2, -0.15) is 4.98 Å². The number of rotatable bonds is 4. The minimum Gasteiger partial charge on any atom is -0.378 e. The first-order valence-electron chi connectivity index (χ1n) is 10.8. The van der Waals surface area contributed by atoms with Gasteiger partial charge in [0.25, 0.3) is 0 Å². The third kappa shape index (κ3) is 4.01. The zero-order valence-electron chi connectivity index (χ0n) is 17.2. The minimum atomic E-state index is 0.255. The molecule has 2 aromatic rings. The van der Waals surface area contributed by atoms with E-state index in [4.69, 9.17) is 14.2 Å². The molecule has 3 fully saturated rings. The second-order valence-electron chi connectivity index (χ2n) is 8.39. The summed E-state index contributed by atoms with van der Waals surface area (Å²) in [7, 11) is 2.21. The van der Waals surface area contributed by atoms with E-state index in [-0.39, 0.29) is 6.04 Å². The Labute approximate surface area is 171 Å². The Balaban J connectivity index is 1.28. The molecule has 5 rings (SSSR count). The second-order valence-corrected chi connectivity index (χ2v) is 8.39. The lowest BCUT2D eigenvalue weighted by molar-refractivity contribution is 0.0958. The van der Waals surface area contributed by atoms with Gasteiger partial charge in [-0.25, -0.2) is 4.98 Å². The van der Waals surface area contributed by atoms with Crippen LogP contribution in [-0.4, -0.2) is 84.0 Å². The van der Waals surface area contributed by atoms with Crippen molar-refractivity contribution in [2.75, 3.05) is 57.9 Å². The van der Waals surface area contributed by atoms with Crippen LogP contribution in [0.15, 0.2) is 22.9 Å². The summed E-state index contributed by atoms with van der Waals surface area (Å²) in [5.41, 5.74) is 0.904. The SMILES string of the molecule is CN1CCC(N2CCCC2c2nc(-c3ccc(N4CCOCC4)nc3)no2)CC1. The standard InChI is InChI=1S/C21H30N6O2/c1-25-9-6-17(7-10-25)27-8-2-3-18(27)21-23-20(24-29-21)16-4-5-19(22-15-16)26-11-13-28-14-12-26/h4-5,15,17-18H,2-3,6-14H2,1H3. The highest BCUT2D eigenvalue weighted by Crippen LogP contribution is 2.36. The van der Waals surface area contributed by atoms with Gasteiger partial charge >= 0.3 is 0 Å². The van der Waals surface area contributed by atoms with Crippen LogP contribution in [0.3, 0.4) is 0 Å². The van der Waals surface area contributed by atoms with Crippen LogP contribution >= 0.6 is 0 Å². The highest BCUT2D eigenvalue weighted by molar-refractivity contribution is 5.56. The van der Waals surface area contributed by atoms with E-state index < -0.39 is 0 Å². The van der Waals surface area contributed by atoms with Crippen LogP contribution in [0.4, 0.5) is 5.82 Å². The van der Waals surface area contributed by atoms with E-state index in [9.17, 15) is 0 Å².